The Morgan fingerprint density at radius 1 is 0.963 bits per heavy atom. The van der Waals surface area contributed by atoms with Gasteiger partial charge in [-0.3, -0.25) is 9.59 Å². The predicted molar refractivity (Wildman–Crippen MR) is 106 cm³/mol. The van der Waals surface area contributed by atoms with E-state index < -0.39 is 0 Å². The van der Waals surface area contributed by atoms with Crippen LogP contribution in [0.1, 0.15) is 71.1 Å². The largest absolute Gasteiger partial charge is 0.352 e. The van der Waals surface area contributed by atoms with Crippen LogP contribution in [-0.4, -0.2) is 48.9 Å². The molecule has 0 unspecified atom stereocenters. The number of nitrogens with zero attached hydrogens (tertiary/aromatic N) is 1. The molecule has 4 aliphatic carbocycles. The first-order valence-electron chi connectivity index (χ1n) is 11.3. The zero-order chi connectivity index (χ0) is 18.9. The van der Waals surface area contributed by atoms with Crippen LogP contribution in [0.15, 0.2) is 0 Å². The lowest BCUT2D eigenvalue weighted by Crippen LogP contribution is -2.49. The second-order valence-electron chi connectivity index (χ2n) is 10.1. The third kappa shape index (κ3) is 4.67. The van der Waals surface area contributed by atoms with Gasteiger partial charge in [-0.25, -0.2) is 0 Å². The number of hydrogen-bond donors (Lipinski definition) is 2. The van der Waals surface area contributed by atoms with Gasteiger partial charge in [0, 0.05) is 25.6 Å². The summed E-state index contributed by atoms with van der Waals surface area (Å²) in [6, 6.07) is 0.269. The van der Waals surface area contributed by atoms with E-state index in [4.69, 9.17) is 0 Å². The van der Waals surface area contributed by atoms with Crippen molar-refractivity contribution >= 4 is 11.8 Å². The molecular weight excluding hydrogens is 338 g/mol. The maximum absolute atomic E-state index is 12.5. The third-order valence-corrected chi connectivity index (χ3v) is 7.64. The van der Waals surface area contributed by atoms with E-state index in [2.05, 4.69) is 22.5 Å². The number of carbonyl (C=O) groups is 2. The van der Waals surface area contributed by atoms with Gasteiger partial charge in [0.25, 0.3) is 0 Å². The molecule has 0 spiro atoms. The van der Waals surface area contributed by atoms with E-state index in [1.54, 1.807) is 0 Å². The molecule has 4 bridgehead atoms. The van der Waals surface area contributed by atoms with Crippen LogP contribution in [0.25, 0.3) is 0 Å². The summed E-state index contributed by atoms with van der Waals surface area (Å²) in [5, 5.41) is 6.03. The lowest BCUT2D eigenvalue weighted by Gasteiger charge is -2.56. The monoisotopic (exact) mass is 375 g/mol. The normalized spacial score (nSPS) is 36.0. The molecule has 2 N–H and O–H groups in total. The molecule has 1 saturated heterocycles. The maximum Gasteiger partial charge on any atom is 0.239 e. The van der Waals surface area contributed by atoms with Gasteiger partial charge in [0.15, 0.2) is 0 Å². The minimum absolute atomic E-state index is 0.0252. The quantitative estimate of drug-likeness (QED) is 0.719. The fourth-order valence-electron chi connectivity index (χ4n) is 6.98. The Labute approximate surface area is 164 Å². The van der Waals surface area contributed by atoms with E-state index in [1.807, 2.05) is 0 Å². The van der Waals surface area contributed by atoms with Gasteiger partial charge in [-0.2, -0.15) is 0 Å². The molecule has 152 valence electrons. The molecule has 0 aromatic carbocycles. The topological polar surface area (TPSA) is 61.4 Å². The van der Waals surface area contributed by atoms with Crippen molar-refractivity contribution in [1.29, 1.82) is 0 Å². The van der Waals surface area contributed by atoms with Crippen molar-refractivity contribution in [3.05, 3.63) is 0 Å². The van der Waals surface area contributed by atoms with Gasteiger partial charge in [-0.05, 0) is 87.5 Å². The van der Waals surface area contributed by atoms with Crippen LogP contribution in [0.4, 0.5) is 0 Å². The van der Waals surface area contributed by atoms with Crippen LogP contribution >= 0.6 is 0 Å². The fraction of sp³-hybridized carbons (Fsp3) is 0.909. The highest BCUT2D eigenvalue weighted by Gasteiger charge is 2.51. The molecule has 4 saturated carbocycles. The van der Waals surface area contributed by atoms with Crippen molar-refractivity contribution in [3.63, 3.8) is 0 Å². The highest BCUT2D eigenvalue weighted by atomic mass is 16.2. The smallest absolute Gasteiger partial charge is 0.239 e. The minimum atomic E-state index is -0.0252. The van der Waals surface area contributed by atoms with Crippen molar-refractivity contribution in [3.8, 4) is 0 Å². The Balaban J connectivity index is 1.17. The lowest BCUT2D eigenvalue weighted by molar-refractivity contribution is -0.132. The third-order valence-electron chi connectivity index (χ3n) is 7.64. The number of carbonyl (C=O) groups excluding carboxylic acids is 2. The Kier molecular flexibility index (Phi) is 5.77. The van der Waals surface area contributed by atoms with Gasteiger partial charge in [-0.15, -0.1) is 0 Å². The molecule has 5 heteroatoms. The van der Waals surface area contributed by atoms with Gasteiger partial charge in [0.05, 0.1) is 6.54 Å². The molecule has 2 amide bonds. The highest BCUT2D eigenvalue weighted by molar-refractivity contribution is 5.85. The number of piperidine rings is 1. The summed E-state index contributed by atoms with van der Waals surface area (Å²) >= 11 is 0. The van der Waals surface area contributed by atoms with Gasteiger partial charge in [0.1, 0.15) is 0 Å². The van der Waals surface area contributed by atoms with E-state index >= 15 is 0 Å². The maximum atomic E-state index is 12.5. The summed E-state index contributed by atoms with van der Waals surface area (Å²) in [7, 11) is 0. The standard InChI is InChI=1S/C22H37N3O2/c1-2-5-25-6-3-19(4-7-25)24-21(27)15-23-20(26)14-22-11-16-8-17(12-22)10-18(9-16)13-22/h16-19H,2-15H2,1H3,(H,23,26)(H,24,27). The SMILES string of the molecule is CCCN1CCC(NC(=O)CNC(=O)CC23CC4CC(CC(C4)C2)C3)CC1. The van der Waals surface area contributed by atoms with Crippen LogP contribution in [0, 0.1) is 23.2 Å². The van der Waals surface area contributed by atoms with Crippen molar-refractivity contribution in [2.45, 2.75) is 77.2 Å². The number of rotatable bonds is 7. The van der Waals surface area contributed by atoms with E-state index in [9.17, 15) is 9.59 Å². The number of hydrogen-bond acceptors (Lipinski definition) is 3. The molecule has 5 aliphatic rings. The Morgan fingerprint density at radius 3 is 2.11 bits per heavy atom. The van der Waals surface area contributed by atoms with Crippen LogP contribution in [-0.2, 0) is 9.59 Å². The number of likely N-dealkylation sites (tertiary alicyclic amines) is 1. The van der Waals surface area contributed by atoms with Gasteiger partial charge in [0.2, 0.25) is 11.8 Å². The van der Waals surface area contributed by atoms with E-state index in [1.165, 1.54) is 44.9 Å². The summed E-state index contributed by atoms with van der Waals surface area (Å²) in [6.45, 7) is 5.63. The molecular formula is C22H37N3O2. The lowest BCUT2D eigenvalue weighted by atomic mass is 9.49. The van der Waals surface area contributed by atoms with Crippen LogP contribution < -0.4 is 10.6 Å². The molecule has 0 atom stereocenters. The predicted octanol–water partition coefficient (Wildman–Crippen LogP) is 2.70. The second kappa shape index (κ2) is 8.10. The molecule has 0 radical (unpaired) electrons. The zero-order valence-corrected chi connectivity index (χ0v) is 17.0. The first kappa shape index (κ1) is 19.2. The first-order valence-corrected chi connectivity index (χ1v) is 11.3. The van der Waals surface area contributed by atoms with E-state index in [0.717, 1.165) is 50.2 Å². The number of amides is 2. The summed E-state index contributed by atoms with van der Waals surface area (Å²) in [6.07, 6.45) is 11.8. The van der Waals surface area contributed by atoms with Crippen molar-refractivity contribution in [2.75, 3.05) is 26.2 Å². The Morgan fingerprint density at radius 2 is 1.56 bits per heavy atom. The highest BCUT2D eigenvalue weighted by Crippen LogP contribution is 2.61. The van der Waals surface area contributed by atoms with Gasteiger partial charge >= 0.3 is 0 Å². The molecule has 5 nitrogen and oxygen atoms in total. The summed E-state index contributed by atoms with van der Waals surface area (Å²) < 4.78 is 0. The molecule has 0 aromatic rings. The molecule has 1 aliphatic heterocycles. The number of nitrogens with one attached hydrogen (secondary N) is 2. The Hall–Kier alpha value is -1.10. The van der Waals surface area contributed by atoms with Gasteiger partial charge in [-0.1, -0.05) is 6.92 Å². The van der Waals surface area contributed by atoms with Crippen LogP contribution in [0.2, 0.25) is 0 Å². The van der Waals surface area contributed by atoms with Crippen molar-refractivity contribution < 1.29 is 9.59 Å². The average molecular weight is 376 g/mol. The molecule has 5 rings (SSSR count). The van der Waals surface area contributed by atoms with Crippen LogP contribution in [0.3, 0.4) is 0 Å². The summed E-state index contributed by atoms with van der Waals surface area (Å²) in [5.74, 6) is 2.66. The molecule has 0 aromatic heterocycles. The summed E-state index contributed by atoms with van der Waals surface area (Å²) in [5.41, 5.74) is 0.251. The zero-order valence-electron chi connectivity index (χ0n) is 17.0. The van der Waals surface area contributed by atoms with Crippen molar-refractivity contribution in [1.82, 2.24) is 15.5 Å². The molecule has 27 heavy (non-hydrogen) atoms. The average Bonchev–Trinajstić information content (AvgIpc) is 2.60. The minimum Gasteiger partial charge on any atom is -0.352 e. The summed E-state index contributed by atoms with van der Waals surface area (Å²) in [4.78, 5) is 27.3. The van der Waals surface area contributed by atoms with Crippen molar-refractivity contribution in [2.24, 2.45) is 23.2 Å². The first-order chi connectivity index (χ1) is 13.0. The second-order valence-corrected chi connectivity index (χ2v) is 10.1. The van der Waals surface area contributed by atoms with Gasteiger partial charge < -0.3 is 15.5 Å². The van der Waals surface area contributed by atoms with E-state index in [-0.39, 0.29) is 29.8 Å². The Bertz CT molecular complexity index is 518. The molecule has 1 heterocycles. The van der Waals surface area contributed by atoms with E-state index in [0.29, 0.717) is 6.42 Å². The molecule has 5 fully saturated rings. The fourth-order valence-corrected chi connectivity index (χ4v) is 6.98. The van der Waals surface area contributed by atoms with Crippen LogP contribution in [0.5, 0.6) is 0 Å².